The summed E-state index contributed by atoms with van der Waals surface area (Å²) in [6.07, 6.45) is 2.41. The van der Waals surface area contributed by atoms with E-state index in [0.717, 1.165) is 58.0 Å². The number of nitrogens with one attached hydrogen (secondary N) is 2. The van der Waals surface area contributed by atoms with Gasteiger partial charge in [0.05, 0.1) is 5.69 Å². The summed E-state index contributed by atoms with van der Waals surface area (Å²) in [7, 11) is 0. The van der Waals surface area contributed by atoms with Gasteiger partial charge in [0.25, 0.3) is 0 Å². The van der Waals surface area contributed by atoms with Crippen molar-refractivity contribution in [3.8, 4) is 11.5 Å². The van der Waals surface area contributed by atoms with Crippen molar-refractivity contribution in [1.29, 1.82) is 0 Å². The molecule has 34 heavy (non-hydrogen) atoms. The minimum Gasteiger partial charge on any atom is -0.486 e. The molecule has 2 aliphatic rings. The molecule has 0 amide bonds. The van der Waals surface area contributed by atoms with Crippen molar-refractivity contribution in [3.05, 3.63) is 94.6 Å². The number of aliphatic hydroxyl groups excluding tert-OH is 1. The van der Waals surface area contributed by atoms with E-state index >= 15 is 0 Å². The fraction of sp³-hybridized carbons (Fsp3) is 0.214. The van der Waals surface area contributed by atoms with Gasteiger partial charge in [-0.05, 0) is 75.7 Å². The summed E-state index contributed by atoms with van der Waals surface area (Å²) in [5.41, 5.74) is 15.3. The van der Waals surface area contributed by atoms with Gasteiger partial charge >= 0.3 is 0 Å². The highest BCUT2D eigenvalue weighted by Crippen LogP contribution is 2.39. The molecule has 0 bridgehead atoms. The summed E-state index contributed by atoms with van der Waals surface area (Å²) in [6, 6.07) is 20.8. The Morgan fingerprint density at radius 3 is 2.41 bits per heavy atom. The van der Waals surface area contributed by atoms with Gasteiger partial charge in [-0.3, -0.25) is 0 Å². The molecule has 0 unspecified atom stereocenters. The smallest absolute Gasteiger partial charge is 0.171 e. The van der Waals surface area contributed by atoms with E-state index in [9.17, 15) is 0 Å². The molecular formula is C28H28N2O4. The molecule has 0 aromatic heterocycles. The lowest BCUT2D eigenvalue weighted by Crippen LogP contribution is -2.15. The van der Waals surface area contributed by atoms with Crippen molar-refractivity contribution in [3.63, 3.8) is 0 Å². The summed E-state index contributed by atoms with van der Waals surface area (Å²) < 4.78 is 11.6. The van der Waals surface area contributed by atoms with Crippen molar-refractivity contribution < 1.29 is 19.7 Å². The summed E-state index contributed by atoms with van der Waals surface area (Å²) in [4.78, 5) is 0. The third-order valence-corrected chi connectivity index (χ3v) is 6.10. The maximum Gasteiger partial charge on any atom is 0.171 e. The van der Waals surface area contributed by atoms with Crippen LogP contribution in [0.1, 0.15) is 41.2 Å². The van der Waals surface area contributed by atoms with Crippen LogP contribution in [0.2, 0.25) is 0 Å². The zero-order valence-corrected chi connectivity index (χ0v) is 19.0. The largest absolute Gasteiger partial charge is 0.486 e. The van der Waals surface area contributed by atoms with E-state index in [1.165, 1.54) is 17.2 Å². The highest BCUT2D eigenvalue weighted by atomic mass is 16.6. The second-order valence-electron chi connectivity index (χ2n) is 8.31. The minimum absolute atomic E-state index is 0.552. The molecule has 3 aromatic rings. The van der Waals surface area contributed by atoms with Crippen molar-refractivity contribution >= 4 is 22.9 Å². The van der Waals surface area contributed by atoms with Crippen LogP contribution in [-0.2, 0) is 6.54 Å². The first-order chi connectivity index (χ1) is 16.6. The quantitative estimate of drug-likeness (QED) is 0.321. The zero-order chi connectivity index (χ0) is 23.5. The fourth-order valence-corrected chi connectivity index (χ4v) is 4.48. The lowest BCUT2D eigenvalue weighted by Gasteiger charge is -2.21. The molecule has 0 saturated heterocycles. The highest BCUT2D eigenvalue weighted by molar-refractivity contribution is 5.99. The van der Waals surface area contributed by atoms with Crippen molar-refractivity contribution in [2.45, 2.75) is 26.2 Å². The van der Waals surface area contributed by atoms with Gasteiger partial charge in [-0.25, -0.2) is 5.43 Å². The van der Waals surface area contributed by atoms with Gasteiger partial charge in [-0.1, -0.05) is 49.4 Å². The molecule has 4 N–H and O–H groups in total. The van der Waals surface area contributed by atoms with Crippen LogP contribution in [0.25, 0.3) is 17.2 Å². The number of allylic oxidation sites excluding steroid dienone is 1. The molecule has 0 spiro atoms. The molecular weight excluding hydrogens is 428 g/mol. The summed E-state index contributed by atoms with van der Waals surface area (Å²) in [5, 5.41) is 18.3. The molecule has 0 fully saturated rings. The van der Waals surface area contributed by atoms with Gasteiger partial charge in [0.2, 0.25) is 0 Å². The van der Waals surface area contributed by atoms with Crippen LogP contribution in [0.4, 0.5) is 5.69 Å². The number of benzene rings is 3. The SMILES string of the molecule is CC/C(=C(/c1ccc(/C=C/C(O)O)cc1)c1ccc2c(c1)CNN2)c1ccc2c(c1)OCCO2. The van der Waals surface area contributed by atoms with Gasteiger partial charge < -0.3 is 25.1 Å². The predicted octanol–water partition coefficient (Wildman–Crippen LogP) is 4.58. The molecule has 0 radical (unpaired) electrons. The van der Waals surface area contributed by atoms with E-state index in [2.05, 4.69) is 60.2 Å². The Kier molecular flexibility index (Phi) is 6.36. The summed E-state index contributed by atoms with van der Waals surface area (Å²) >= 11 is 0. The number of hydrazine groups is 1. The fourth-order valence-electron chi connectivity index (χ4n) is 4.48. The zero-order valence-electron chi connectivity index (χ0n) is 19.0. The van der Waals surface area contributed by atoms with Gasteiger partial charge in [-0.15, -0.1) is 0 Å². The number of fused-ring (bicyclic) bond motifs is 2. The Morgan fingerprint density at radius 1 is 0.912 bits per heavy atom. The number of rotatable bonds is 6. The van der Waals surface area contributed by atoms with Crippen LogP contribution >= 0.6 is 0 Å². The van der Waals surface area contributed by atoms with Gasteiger partial charge in [0, 0.05) is 6.54 Å². The molecule has 0 aliphatic carbocycles. The summed E-state index contributed by atoms with van der Waals surface area (Å²) in [6.45, 7) is 4.06. The Balaban J connectivity index is 1.65. The molecule has 5 rings (SSSR count). The summed E-state index contributed by atoms with van der Waals surface area (Å²) in [5.74, 6) is 1.56. The van der Waals surface area contributed by atoms with Crippen molar-refractivity contribution in [2.75, 3.05) is 18.6 Å². The number of ether oxygens (including phenoxy) is 2. The van der Waals surface area contributed by atoms with E-state index in [1.54, 1.807) is 6.08 Å². The van der Waals surface area contributed by atoms with Crippen LogP contribution in [0.3, 0.4) is 0 Å². The second kappa shape index (κ2) is 9.73. The lowest BCUT2D eigenvalue weighted by atomic mass is 9.87. The normalized spacial score (nSPS) is 15.3. The Bertz CT molecular complexity index is 1250. The van der Waals surface area contributed by atoms with E-state index in [1.807, 2.05) is 18.2 Å². The van der Waals surface area contributed by atoms with Crippen LogP contribution in [-0.4, -0.2) is 29.7 Å². The van der Waals surface area contributed by atoms with Gasteiger partial charge in [0.1, 0.15) is 13.2 Å². The molecule has 174 valence electrons. The highest BCUT2D eigenvalue weighted by Gasteiger charge is 2.19. The van der Waals surface area contributed by atoms with Crippen LogP contribution in [0.5, 0.6) is 11.5 Å². The first-order valence-electron chi connectivity index (χ1n) is 11.5. The number of anilines is 1. The molecule has 2 aliphatic heterocycles. The minimum atomic E-state index is -1.47. The standard InChI is InChI=1S/C28H28N2O4/c1-2-23(20-9-11-25-26(16-20)34-14-13-33-25)28(21-8-10-24-22(15-21)17-29-30-24)19-6-3-18(4-7-19)5-12-27(31)32/h3-12,15-16,27,29-32H,2,13-14,17H2,1H3/b12-5+,28-23+. The number of hydrogen-bond acceptors (Lipinski definition) is 6. The second-order valence-corrected chi connectivity index (χ2v) is 8.31. The van der Waals surface area contributed by atoms with Crippen LogP contribution < -0.4 is 20.3 Å². The number of aliphatic hydroxyl groups is 2. The maximum absolute atomic E-state index is 9.13. The lowest BCUT2D eigenvalue weighted by molar-refractivity contribution is 0.00303. The first kappa shape index (κ1) is 22.2. The molecule has 2 heterocycles. The van der Waals surface area contributed by atoms with E-state index in [-0.39, 0.29) is 0 Å². The monoisotopic (exact) mass is 456 g/mol. The molecule has 6 nitrogen and oxygen atoms in total. The number of hydrogen-bond donors (Lipinski definition) is 4. The van der Waals surface area contributed by atoms with Crippen LogP contribution in [0.15, 0.2) is 66.7 Å². The Labute approximate surface area is 199 Å². The third-order valence-electron chi connectivity index (χ3n) is 6.10. The average Bonchev–Trinajstić information content (AvgIpc) is 3.34. The topological polar surface area (TPSA) is 83.0 Å². The van der Waals surface area contributed by atoms with Gasteiger partial charge in [-0.2, -0.15) is 0 Å². The van der Waals surface area contributed by atoms with Crippen molar-refractivity contribution in [2.24, 2.45) is 0 Å². The molecule has 0 saturated carbocycles. The van der Waals surface area contributed by atoms with Gasteiger partial charge in [0.15, 0.2) is 17.8 Å². The van der Waals surface area contributed by atoms with E-state index in [0.29, 0.717) is 13.2 Å². The molecule has 3 aromatic carbocycles. The third kappa shape index (κ3) is 4.56. The average molecular weight is 457 g/mol. The predicted molar refractivity (Wildman–Crippen MR) is 134 cm³/mol. The Hall–Kier alpha value is -3.58. The van der Waals surface area contributed by atoms with E-state index in [4.69, 9.17) is 19.7 Å². The molecule has 0 atom stereocenters. The van der Waals surface area contributed by atoms with E-state index < -0.39 is 6.29 Å². The van der Waals surface area contributed by atoms with Crippen LogP contribution in [0, 0.1) is 0 Å². The first-order valence-corrected chi connectivity index (χ1v) is 11.5. The molecule has 6 heteroatoms. The maximum atomic E-state index is 9.13. The van der Waals surface area contributed by atoms with Crippen molar-refractivity contribution in [1.82, 2.24) is 5.43 Å². The Morgan fingerprint density at radius 2 is 1.65 bits per heavy atom.